The molecule has 0 N–H and O–H groups in total. The first-order valence-electron chi connectivity index (χ1n) is 7.03. The molecule has 136 valence electrons. The summed E-state index contributed by atoms with van der Waals surface area (Å²) in [7, 11) is -5.13. The normalized spacial score (nSPS) is 11.3. The van der Waals surface area contributed by atoms with E-state index < -0.39 is 28.7 Å². The van der Waals surface area contributed by atoms with Gasteiger partial charge < -0.3 is 8.92 Å². The molecule has 11 heteroatoms. The Kier molecular flexibility index (Phi) is 4.80. The van der Waals surface area contributed by atoms with Crippen LogP contribution in [0.2, 0.25) is 0 Å². The minimum atomic E-state index is -5.13. The largest absolute Gasteiger partial charge is 0.489 e. The lowest BCUT2D eigenvalue weighted by molar-refractivity contribution is 0.292. The van der Waals surface area contributed by atoms with Crippen molar-refractivity contribution in [3.8, 4) is 17.2 Å². The third-order valence-electron chi connectivity index (χ3n) is 3.18. The lowest BCUT2D eigenvalue weighted by Gasteiger charge is -2.10. The third kappa shape index (κ3) is 4.30. The van der Waals surface area contributed by atoms with Crippen LogP contribution >= 0.6 is 0 Å². The second-order valence-corrected chi connectivity index (χ2v) is 5.90. The maximum Gasteiger partial charge on any atom is 0.488 e. The second kappa shape index (κ2) is 7.04. The highest BCUT2D eigenvalue weighted by Crippen LogP contribution is 2.22. The monoisotopic (exact) mass is 385 g/mol. The van der Waals surface area contributed by atoms with E-state index in [0.717, 1.165) is 29.1 Å². The van der Waals surface area contributed by atoms with E-state index >= 15 is 0 Å². The maximum atomic E-state index is 14.1. The van der Waals surface area contributed by atoms with Gasteiger partial charge in [0, 0.05) is 12.1 Å². The number of hydrogen-bond donors (Lipinski definition) is 0. The topological polar surface area (TPSA) is 83.3 Å². The molecule has 0 saturated carbocycles. The molecule has 0 aliphatic heterocycles. The van der Waals surface area contributed by atoms with Crippen molar-refractivity contribution in [2.45, 2.75) is 6.61 Å². The van der Waals surface area contributed by atoms with Crippen LogP contribution in [0.3, 0.4) is 0 Å². The molecule has 7 nitrogen and oxygen atoms in total. The Hall–Kier alpha value is -3.08. The molecule has 0 atom stereocenters. The van der Waals surface area contributed by atoms with Gasteiger partial charge in [-0.3, -0.25) is 0 Å². The van der Waals surface area contributed by atoms with Crippen molar-refractivity contribution in [1.29, 1.82) is 0 Å². The van der Waals surface area contributed by atoms with Crippen LogP contribution in [0, 0.1) is 11.6 Å². The van der Waals surface area contributed by atoms with Gasteiger partial charge >= 0.3 is 10.5 Å². The van der Waals surface area contributed by atoms with E-state index in [2.05, 4.69) is 14.4 Å². The van der Waals surface area contributed by atoms with Crippen molar-refractivity contribution in [3.05, 3.63) is 66.0 Å². The summed E-state index contributed by atoms with van der Waals surface area (Å²) in [6.07, 6.45) is 2.74. The summed E-state index contributed by atoms with van der Waals surface area (Å²) in [6, 6.07) is 6.91. The number of aromatic nitrogens is 3. The fraction of sp³-hybridized carbons (Fsp3) is 0.0667. The van der Waals surface area contributed by atoms with Gasteiger partial charge in [0.25, 0.3) is 0 Å². The smallest absolute Gasteiger partial charge is 0.488 e. The molecular formula is C15H10F3N3O4S. The number of benzene rings is 2. The molecule has 0 bridgehead atoms. The predicted octanol–water partition coefficient (Wildman–Crippen LogP) is 2.72. The Morgan fingerprint density at radius 3 is 2.04 bits per heavy atom. The van der Waals surface area contributed by atoms with E-state index in [9.17, 15) is 21.1 Å². The molecule has 0 spiro atoms. The van der Waals surface area contributed by atoms with Gasteiger partial charge in [0.1, 0.15) is 29.7 Å². The van der Waals surface area contributed by atoms with Gasteiger partial charge in [-0.1, -0.05) is 3.89 Å². The van der Waals surface area contributed by atoms with E-state index in [1.54, 1.807) is 0 Å². The number of hydrogen-bond acceptors (Lipinski definition) is 6. The van der Waals surface area contributed by atoms with Crippen LogP contribution in [0.15, 0.2) is 48.8 Å². The van der Waals surface area contributed by atoms with E-state index in [1.807, 2.05) is 0 Å². The molecule has 0 aliphatic rings. The summed E-state index contributed by atoms with van der Waals surface area (Å²) in [6.45, 7) is -0.425. The van der Waals surface area contributed by atoms with Gasteiger partial charge in [0.2, 0.25) is 0 Å². The van der Waals surface area contributed by atoms with Crippen LogP contribution in [0.25, 0.3) is 5.69 Å². The van der Waals surface area contributed by atoms with Gasteiger partial charge in [0.15, 0.2) is 0 Å². The minimum absolute atomic E-state index is 0.114. The molecule has 0 saturated heterocycles. The molecular weight excluding hydrogens is 375 g/mol. The zero-order valence-corrected chi connectivity index (χ0v) is 13.7. The van der Waals surface area contributed by atoms with Crippen molar-refractivity contribution >= 4 is 10.5 Å². The van der Waals surface area contributed by atoms with Gasteiger partial charge in [-0.15, -0.1) is 0 Å². The SMILES string of the molecule is O=S(=O)(F)Oc1ccc(OCc2c(F)cc(-n3nccn3)cc2F)cc1. The van der Waals surface area contributed by atoms with Crippen molar-refractivity contribution in [3.63, 3.8) is 0 Å². The standard InChI is InChI=1S/C15H10F3N3O4S/c16-14-7-10(21-19-5-6-20-21)8-15(17)13(14)9-24-11-1-3-12(4-2-11)25-26(18,22)23/h1-8H,9H2. The highest BCUT2D eigenvalue weighted by molar-refractivity contribution is 7.81. The fourth-order valence-corrected chi connectivity index (χ4v) is 2.39. The van der Waals surface area contributed by atoms with Crippen LogP contribution in [0.5, 0.6) is 11.5 Å². The maximum absolute atomic E-state index is 14.1. The van der Waals surface area contributed by atoms with E-state index in [-0.39, 0.29) is 22.7 Å². The van der Waals surface area contributed by atoms with Crippen molar-refractivity contribution in [2.75, 3.05) is 0 Å². The molecule has 0 radical (unpaired) electrons. The molecule has 26 heavy (non-hydrogen) atoms. The molecule has 0 amide bonds. The van der Waals surface area contributed by atoms with E-state index in [4.69, 9.17) is 4.74 Å². The third-order valence-corrected chi connectivity index (χ3v) is 3.57. The highest BCUT2D eigenvalue weighted by Gasteiger charge is 2.14. The van der Waals surface area contributed by atoms with Crippen molar-refractivity contribution in [1.82, 2.24) is 15.0 Å². The van der Waals surface area contributed by atoms with E-state index in [1.165, 1.54) is 24.5 Å². The first kappa shape index (κ1) is 17.7. The Balaban J connectivity index is 1.72. The average molecular weight is 385 g/mol. The van der Waals surface area contributed by atoms with Crippen LogP contribution in [0.4, 0.5) is 12.7 Å². The lowest BCUT2D eigenvalue weighted by Crippen LogP contribution is -2.06. The van der Waals surface area contributed by atoms with Gasteiger partial charge in [-0.25, -0.2) is 8.78 Å². The Morgan fingerprint density at radius 2 is 1.50 bits per heavy atom. The van der Waals surface area contributed by atoms with Crippen LogP contribution in [-0.4, -0.2) is 23.4 Å². The predicted molar refractivity (Wildman–Crippen MR) is 82.7 cm³/mol. The molecule has 1 aromatic heterocycles. The molecule has 3 aromatic rings. The summed E-state index contributed by atoms with van der Waals surface area (Å²) >= 11 is 0. The van der Waals surface area contributed by atoms with E-state index in [0.29, 0.717) is 0 Å². The van der Waals surface area contributed by atoms with Gasteiger partial charge in [0.05, 0.1) is 23.6 Å². The first-order chi connectivity index (χ1) is 12.3. The number of nitrogens with zero attached hydrogens (tertiary/aromatic N) is 3. The molecule has 3 rings (SSSR count). The minimum Gasteiger partial charge on any atom is -0.489 e. The quantitative estimate of drug-likeness (QED) is 0.607. The zero-order valence-electron chi connectivity index (χ0n) is 12.8. The summed E-state index contributed by atoms with van der Waals surface area (Å²) in [5, 5.41) is 7.57. The average Bonchev–Trinajstić information content (AvgIpc) is 3.08. The lowest BCUT2D eigenvalue weighted by atomic mass is 10.2. The number of ether oxygens (including phenoxy) is 1. The Labute approximate surface area is 146 Å². The fourth-order valence-electron chi connectivity index (χ4n) is 2.05. The molecule has 0 fully saturated rings. The van der Waals surface area contributed by atoms with Crippen molar-refractivity contribution in [2.24, 2.45) is 0 Å². The van der Waals surface area contributed by atoms with Crippen LogP contribution in [0.1, 0.15) is 5.56 Å². The van der Waals surface area contributed by atoms with Gasteiger partial charge in [-0.05, 0) is 24.3 Å². The molecule has 1 heterocycles. The van der Waals surface area contributed by atoms with Crippen molar-refractivity contribution < 1.29 is 30.0 Å². The van der Waals surface area contributed by atoms with Gasteiger partial charge in [-0.2, -0.15) is 23.4 Å². The molecule has 0 unspecified atom stereocenters. The highest BCUT2D eigenvalue weighted by atomic mass is 32.3. The number of halogens is 3. The second-order valence-electron chi connectivity index (χ2n) is 4.94. The number of rotatable bonds is 6. The molecule has 2 aromatic carbocycles. The summed E-state index contributed by atoms with van der Waals surface area (Å²) < 4.78 is 70.7. The summed E-state index contributed by atoms with van der Waals surface area (Å²) in [4.78, 5) is 1.06. The van der Waals surface area contributed by atoms with Crippen LogP contribution in [-0.2, 0) is 17.1 Å². The Morgan fingerprint density at radius 1 is 0.962 bits per heavy atom. The summed E-state index contributed by atoms with van der Waals surface area (Å²) in [5.74, 6) is -1.79. The first-order valence-corrected chi connectivity index (χ1v) is 8.34. The molecule has 0 aliphatic carbocycles. The zero-order chi connectivity index (χ0) is 18.7. The Bertz CT molecular complexity index is 986. The summed E-state index contributed by atoms with van der Waals surface area (Å²) in [5.41, 5.74) is -0.199. The van der Waals surface area contributed by atoms with Crippen LogP contribution < -0.4 is 8.92 Å².